The first kappa shape index (κ1) is 16.7. The third-order valence-electron chi connectivity index (χ3n) is 4.90. The van der Waals surface area contributed by atoms with Crippen molar-refractivity contribution in [2.75, 3.05) is 52.4 Å². The van der Waals surface area contributed by atoms with Gasteiger partial charge in [0.2, 0.25) is 0 Å². The summed E-state index contributed by atoms with van der Waals surface area (Å²) in [5, 5.41) is 15.9. The van der Waals surface area contributed by atoms with Crippen LogP contribution in [0.2, 0.25) is 5.02 Å². The van der Waals surface area contributed by atoms with Gasteiger partial charge in [-0.25, -0.2) is 0 Å². The van der Waals surface area contributed by atoms with Crippen LogP contribution in [0.15, 0.2) is 6.20 Å². The van der Waals surface area contributed by atoms with E-state index < -0.39 is 0 Å². The van der Waals surface area contributed by atoms with E-state index in [4.69, 9.17) is 16.7 Å². The third-order valence-corrected chi connectivity index (χ3v) is 5.18. The number of rotatable bonds is 4. The van der Waals surface area contributed by atoms with E-state index in [-0.39, 0.29) is 12.5 Å². The average molecular weight is 342 g/mol. The van der Waals surface area contributed by atoms with Crippen molar-refractivity contribution in [2.24, 2.45) is 0 Å². The summed E-state index contributed by atoms with van der Waals surface area (Å²) in [5.74, 6) is -0.0567. The Morgan fingerprint density at radius 2 is 1.96 bits per heavy atom. The summed E-state index contributed by atoms with van der Waals surface area (Å²) in [5.41, 5.74) is 0.391. The lowest BCUT2D eigenvalue weighted by Gasteiger charge is -2.42. The number of aliphatic hydroxyl groups is 1. The summed E-state index contributed by atoms with van der Waals surface area (Å²) in [6.07, 6.45) is 3.46. The second kappa shape index (κ2) is 7.61. The second-order valence-electron chi connectivity index (χ2n) is 6.22. The number of aliphatic hydroxyl groups excluding tert-OH is 1. The monoisotopic (exact) mass is 341 g/mol. The minimum atomic E-state index is -0.0567. The van der Waals surface area contributed by atoms with Crippen LogP contribution in [0.25, 0.3) is 0 Å². The number of carbonyl (C=O) groups is 1. The zero-order valence-electron chi connectivity index (χ0n) is 13.2. The molecule has 2 N–H and O–H groups in total. The number of piperidine rings is 1. The van der Waals surface area contributed by atoms with Gasteiger partial charge in [-0.2, -0.15) is 5.10 Å². The van der Waals surface area contributed by atoms with Crippen LogP contribution >= 0.6 is 11.6 Å². The van der Waals surface area contributed by atoms with Gasteiger partial charge in [0, 0.05) is 51.9 Å². The first-order valence-corrected chi connectivity index (χ1v) is 8.62. The molecular formula is C15H24ClN5O2. The molecular weight excluding hydrogens is 318 g/mol. The number of likely N-dealkylation sites (tertiary alicyclic amines) is 1. The van der Waals surface area contributed by atoms with Crippen molar-refractivity contribution in [3.8, 4) is 0 Å². The van der Waals surface area contributed by atoms with Crippen LogP contribution in [0, 0.1) is 0 Å². The Labute approximate surface area is 141 Å². The number of piperazine rings is 1. The Kier molecular flexibility index (Phi) is 5.53. The summed E-state index contributed by atoms with van der Waals surface area (Å²) in [6.45, 7) is 6.65. The van der Waals surface area contributed by atoms with Crippen LogP contribution in [0.4, 0.5) is 0 Å². The summed E-state index contributed by atoms with van der Waals surface area (Å²) >= 11 is 5.97. The van der Waals surface area contributed by atoms with E-state index in [0.717, 1.165) is 58.7 Å². The van der Waals surface area contributed by atoms with Crippen molar-refractivity contribution in [2.45, 2.75) is 18.9 Å². The van der Waals surface area contributed by atoms with E-state index in [2.05, 4.69) is 20.0 Å². The molecule has 7 nitrogen and oxygen atoms in total. The van der Waals surface area contributed by atoms with Crippen molar-refractivity contribution in [1.82, 2.24) is 24.9 Å². The van der Waals surface area contributed by atoms with E-state index >= 15 is 0 Å². The molecule has 128 valence electrons. The third kappa shape index (κ3) is 3.85. The SMILES string of the molecule is O=C(c1[nH]ncc1Cl)N1CCC(N2CCN(CCO)CC2)CC1. The largest absolute Gasteiger partial charge is 0.395 e. The first-order valence-electron chi connectivity index (χ1n) is 8.24. The molecule has 0 radical (unpaired) electrons. The smallest absolute Gasteiger partial charge is 0.273 e. The highest BCUT2D eigenvalue weighted by molar-refractivity contribution is 6.33. The van der Waals surface area contributed by atoms with Gasteiger partial charge in [-0.1, -0.05) is 11.6 Å². The molecule has 2 aliphatic rings. The molecule has 0 unspecified atom stereocenters. The summed E-state index contributed by atoms with van der Waals surface area (Å²) in [6, 6.07) is 0.549. The normalized spacial score (nSPS) is 21.7. The molecule has 1 amide bonds. The Morgan fingerprint density at radius 1 is 1.26 bits per heavy atom. The lowest BCUT2D eigenvalue weighted by atomic mass is 10.0. The molecule has 0 bridgehead atoms. The number of nitrogens with zero attached hydrogens (tertiary/aromatic N) is 4. The molecule has 2 fully saturated rings. The number of hydrogen-bond donors (Lipinski definition) is 2. The topological polar surface area (TPSA) is 75.7 Å². The van der Waals surface area contributed by atoms with Gasteiger partial charge in [0.15, 0.2) is 0 Å². The maximum atomic E-state index is 12.4. The molecule has 0 atom stereocenters. The van der Waals surface area contributed by atoms with Crippen LogP contribution < -0.4 is 0 Å². The minimum absolute atomic E-state index is 0.0567. The van der Waals surface area contributed by atoms with Crippen molar-refractivity contribution in [3.05, 3.63) is 16.9 Å². The number of amides is 1. The maximum Gasteiger partial charge on any atom is 0.273 e. The molecule has 1 aromatic rings. The van der Waals surface area contributed by atoms with Crippen molar-refractivity contribution < 1.29 is 9.90 Å². The zero-order valence-corrected chi connectivity index (χ0v) is 14.0. The predicted octanol–water partition coefficient (Wildman–Crippen LogP) is 0.278. The van der Waals surface area contributed by atoms with E-state index in [0.29, 0.717) is 16.8 Å². The van der Waals surface area contributed by atoms with Crippen LogP contribution in [0.3, 0.4) is 0 Å². The van der Waals surface area contributed by atoms with Gasteiger partial charge in [-0.15, -0.1) is 0 Å². The van der Waals surface area contributed by atoms with Crippen molar-refractivity contribution in [1.29, 1.82) is 0 Å². The molecule has 2 aliphatic heterocycles. The fourth-order valence-corrected chi connectivity index (χ4v) is 3.68. The minimum Gasteiger partial charge on any atom is -0.395 e. The highest BCUT2D eigenvalue weighted by atomic mass is 35.5. The fraction of sp³-hybridized carbons (Fsp3) is 0.733. The Morgan fingerprint density at radius 3 is 2.52 bits per heavy atom. The Balaban J connectivity index is 1.47. The van der Waals surface area contributed by atoms with Crippen LogP contribution in [-0.4, -0.2) is 94.4 Å². The van der Waals surface area contributed by atoms with Gasteiger partial charge >= 0.3 is 0 Å². The van der Waals surface area contributed by atoms with E-state index in [1.165, 1.54) is 6.20 Å². The number of carbonyl (C=O) groups excluding carboxylic acids is 1. The molecule has 0 saturated carbocycles. The van der Waals surface area contributed by atoms with Gasteiger partial charge in [-0.05, 0) is 12.8 Å². The molecule has 1 aromatic heterocycles. The summed E-state index contributed by atoms with van der Waals surface area (Å²) in [4.78, 5) is 19.1. The molecule has 3 rings (SSSR count). The number of β-amino-alcohol motifs (C(OH)–C–C–N with tert-alkyl or cyclic N) is 1. The number of aromatic amines is 1. The van der Waals surface area contributed by atoms with E-state index in [1.54, 1.807) is 0 Å². The van der Waals surface area contributed by atoms with Crippen molar-refractivity contribution >= 4 is 17.5 Å². The highest BCUT2D eigenvalue weighted by Gasteiger charge is 2.30. The predicted molar refractivity (Wildman–Crippen MR) is 87.6 cm³/mol. The fourth-order valence-electron chi connectivity index (χ4n) is 3.51. The van der Waals surface area contributed by atoms with Crippen LogP contribution in [0.5, 0.6) is 0 Å². The van der Waals surface area contributed by atoms with Gasteiger partial charge in [0.1, 0.15) is 5.69 Å². The molecule has 0 aliphatic carbocycles. The number of halogens is 1. The first-order chi connectivity index (χ1) is 11.2. The van der Waals surface area contributed by atoms with Crippen molar-refractivity contribution in [3.63, 3.8) is 0 Å². The van der Waals surface area contributed by atoms with Gasteiger partial charge in [-0.3, -0.25) is 19.7 Å². The lowest BCUT2D eigenvalue weighted by molar-refractivity contribution is 0.0448. The van der Waals surface area contributed by atoms with E-state index in [1.807, 2.05) is 4.90 Å². The maximum absolute atomic E-state index is 12.4. The Hall–Kier alpha value is -1.15. The number of H-pyrrole nitrogens is 1. The summed E-state index contributed by atoms with van der Waals surface area (Å²) < 4.78 is 0. The lowest BCUT2D eigenvalue weighted by Crippen LogP contribution is -2.54. The molecule has 0 aromatic carbocycles. The van der Waals surface area contributed by atoms with Gasteiger partial charge in [0.05, 0.1) is 17.8 Å². The number of nitrogens with one attached hydrogen (secondary N) is 1. The quantitative estimate of drug-likeness (QED) is 0.822. The van der Waals surface area contributed by atoms with Gasteiger partial charge in [0.25, 0.3) is 5.91 Å². The van der Waals surface area contributed by atoms with E-state index in [9.17, 15) is 4.79 Å². The average Bonchev–Trinajstić information content (AvgIpc) is 3.01. The van der Waals surface area contributed by atoms with Crippen LogP contribution in [-0.2, 0) is 0 Å². The molecule has 3 heterocycles. The second-order valence-corrected chi connectivity index (χ2v) is 6.62. The molecule has 23 heavy (non-hydrogen) atoms. The number of aromatic nitrogens is 2. The molecule has 2 saturated heterocycles. The number of hydrogen-bond acceptors (Lipinski definition) is 5. The van der Waals surface area contributed by atoms with Gasteiger partial charge < -0.3 is 10.0 Å². The zero-order chi connectivity index (χ0) is 16.2. The Bertz CT molecular complexity index is 522. The standard InChI is InChI=1S/C15H24ClN5O2/c16-13-11-17-18-14(13)15(23)21-3-1-12(2-4-21)20-7-5-19(6-8-20)9-10-22/h11-12,22H,1-10H2,(H,17,18). The molecule has 0 spiro atoms. The summed E-state index contributed by atoms with van der Waals surface area (Å²) in [7, 11) is 0. The van der Waals surface area contributed by atoms with Crippen LogP contribution in [0.1, 0.15) is 23.3 Å². The molecule has 8 heteroatoms. The highest BCUT2D eigenvalue weighted by Crippen LogP contribution is 2.21.